The lowest BCUT2D eigenvalue weighted by Crippen LogP contribution is -2.35. The molecule has 0 unspecified atom stereocenters. The van der Waals surface area contributed by atoms with Crippen molar-refractivity contribution >= 4 is 34.5 Å². The van der Waals surface area contributed by atoms with Crippen molar-refractivity contribution in [2.24, 2.45) is 0 Å². The fourth-order valence-electron chi connectivity index (χ4n) is 3.11. The summed E-state index contributed by atoms with van der Waals surface area (Å²) in [6.07, 6.45) is 0. The van der Waals surface area contributed by atoms with E-state index in [0.717, 1.165) is 17.3 Å². The topological polar surface area (TPSA) is 90.7 Å². The number of amides is 1. The number of hydrogen-bond acceptors (Lipinski definition) is 7. The lowest BCUT2D eigenvalue weighted by molar-refractivity contribution is -0.141. The molecule has 0 saturated heterocycles. The van der Waals surface area contributed by atoms with E-state index in [1.807, 2.05) is 30.3 Å². The van der Waals surface area contributed by atoms with Crippen molar-refractivity contribution in [2.45, 2.75) is 18.2 Å². The van der Waals surface area contributed by atoms with Crippen LogP contribution in [0.3, 0.4) is 0 Å². The van der Waals surface area contributed by atoms with Gasteiger partial charge in [0.05, 0.1) is 30.4 Å². The van der Waals surface area contributed by atoms with Crippen molar-refractivity contribution in [1.29, 1.82) is 0 Å². The molecule has 1 aromatic heterocycles. The van der Waals surface area contributed by atoms with Crippen LogP contribution in [0.15, 0.2) is 64.5 Å². The van der Waals surface area contributed by atoms with E-state index >= 15 is 0 Å². The van der Waals surface area contributed by atoms with E-state index in [4.69, 9.17) is 9.47 Å². The van der Waals surface area contributed by atoms with Crippen LogP contribution in [0.1, 0.15) is 5.56 Å². The third-order valence-corrected chi connectivity index (χ3v) is 5.76. The van der Waals surface area contributed by atoms with Gasteiger partial charge in [0, 0.05) is 20.2 Å². The van der Waals surface area contributed by atoms with Crippen molar-refractivity contribution in [2.75, 3.05) is 33.1 Å². The van der Waals surface area contributed by atoms with E-state index < -0.39 is 5.97 Å². The van der Waals surface area contributed by atoms with Gasteiger partial charge in [-0.3, -0.25) is 19.0 Å². The van der Waals surface area contributed by atoms with Crippen LogP contribution in [-0.2, 0) is 32.2 Å². The highest BCUT2D eigenvalue weighted by Gasteiger charge is 2.19. The molecule has 0 spiro atoms. The Kier molecular flexibility index (Phi) is 8.41. The molecule has 0 fully saturated rings. The van der Waals surface area contributed by atoms with E-state index in [1.54, 1.807) is 36.3 Å². The zero-order valence-electron chi connectivity index (χ0n) is 18.0. The number of thioether (sulfide) groups is 1. The summed E-state index contributed by atoms with van der Waals surface area (Å²) < 4.78 is 11.1. The number of carbonyl (C=O) groups excluding carboxylic acids is 2. The highest BCUT2D eigenvalue weighted by Crippen LogP contribution is 2.19. The maximum Gasteiger partial charge on any atom is 0.325 e. The third kappa shape index (κ3) is 5.95. The average molecular weight is 456 g/mol. The van der Waals surface area contributed by atoms with Crippen molar-refractivity contribution in [1.82, 2.24) is 14.5 Å². The minimum atomic E-state index is -0.567. The van der Waals surface area contributed by atoms with Crippen LogP contribution < -0.4 is 5.56 Å². The Labute approximate surface area is 190 Å². The number of para-hydroxylation sites is 1. The summed E-state index contributed by atoms with van der Waals surface area (Å²) in [7, 11) is 2.85. The Morgan fingerprint density at radius 3 is 2.50 bits per heavy atom. The zero-order valence-corrected chi connectivity index (χ0v) is 18.8. The van der Waals surface area contributed by atoms with Crippen molar-refractivity contribution < 1.29 is 19.1 Å². The van der Waals surface area contributed by atoms with E-state index in [2.05, 4.69) is 4.98 Å². The van der Waals surface area contributed by atoms with Crippen LogP contribution in [-0.4, -0.2) is 59.5 Å². The van der Waals surface area contributed by atoms with Gasteiger partial charge in [-0.1, -0.05) is 54.2 Å². The number of rotatable bonds is 10. The maximum atomic E-state index is 13.0. The Balaban J connectivity index is 1.83. The van der Waals surface area contributed by atoms with Gasteiger partial charge in [0.15, 0.2) is 5.16 Å². The summed E-state index contributed by atoms with van der Waals surface area (Å²) >= 11 is 1.12. The molecule has 0 radical (unpaired) electrons. The summed E-state index contributed by atoms with van der Waals surface area (Å²) in [5, 5.41) is 0.691. The monoisotopic (exact) mass is 455 g/mol. The zero-order chi connectivity index (χ0) is 22.9. The minimum absolute atomic E-state index is 0.0580. The van der Waals surface area contributed by atoms with Crippen LogP contribution in [0.5, 0.6) is 0 Å². The second kappa shape index (κ2) is 11.4. The number of fused-ring (bicyclic) bond motifs is 1. The van der Waals surface area contributed by atoms with Crippen molar-refractivity contribution in [3.8, 4) is 0 Å². The number of hydrogen-bond donors (Lipinski definition) is 0. The third-order valence-electron chi connectivity index (χ3n) is 4.80. The van der Waals surface area contributed by atoms with Crippen LogP contribution in [0.2, 0.25) is 0 Å². The molecule has 8 nitrogen and oxygen atoms in total. The molecule has 1 heterocycles. The smallest absolute Gasteiger partial charge is 0.325 e. The van der Waals surface area contributed by atoms with Crippen molar-refractivity contribution in [3.05, 3.63) is 70.5 Å². The standard InChI is InChI=1S/C23H25N3O5S/c1-30-13-12-25(14-17-8-4-3-5-9-17)20(27)16-32-23-24-19-11-7-6-10-18(19)22(29)26(23)15-21(28)31-2/h3-11H,12-16H2,1-2H3. The first-order chi connectivity index (χ1) is 15.5. The Bertz CT molecular complexity index is 1130. The number of methoxy groups -OCH3 is 2. The average Bonchev–Trinajstić information content (AvgIpc) is 2.82. The van der Waals surface area contributed by atoms with Crippen LogP contribution in [0, 0.1) is 0 Å². The maximum absolute atomic E-state index is 13.0. The van der Waals surface area contributed by atoms with Gasteiger partial charge in [-0.25, -0.2) is 4.98 Å². The number of nitrogens with zero attached hydrogens (tertiary/aromatic N) is 3. The summed E-state index contributed by atoms with van der Waals surface area (Å²) in [5.41, 5.74) is 1.17. The van der Waals surface area contributed by atoms with Gasteiger partial charge in [-0.05, 0) is 17.7 Å². The largest absolute Gasteiger partial charge is 0.468 e. The first kappa shape index (κ1) is 23.5. The molecule has 0 N–H and O–H groups in total. The number of esters is 1. The molecule has 3 aromatic rings. The van der Waals surface area contributed by atoms with Gasteiger partial charge >= 0.3 is 5.97 Å². The van der Waals surface area contributed by atoms with Gasteiger partial charge in [0.2, 0.25) is 5.91 Å². The molecule has 9 heteroatoms. The number of ether oxygens (including phenoxy) is 2. The molecular weight excluding hydrogens is 430 g/mol. The van der Waals surface area contributed by atoms with Gasteiger partial charge < -0.3 is 14.4 Å². The lowest BCUT2D eigenvalue weighted by atomic mass is 10.2. The van der Waals surface area contributed by atoms with E-state index in [-0.39, 0.29) is 23.8 Å². The highest BCUT2D eigenvalue weighted by molar-refractivity contribution is 7.99. The first-order valence-electron chi connectivity index (χ1n) is 10.0. The molecule has 0 saturated carbocycles. The molecule has 3 rings (SSSR count). The van der Waals surface area contributed by atoms with Crippen LogP contribution >= 0.6 is 11.8 Å². The number of aromatic nitrogens is 2. The molecule has 0 aliphatic carbocycles. The van der Waals surface area contributed by atoms with Crippen LogP contribution in [0.4, 0.5) is 0 Å². The van der Waals surface area contributed by atoms with Gasteiger partial charge in [-0.15, -0.1) is 0 Å². The molecule has 0 atom stereocenters. The number of carbonyl (C=O) groups is 2. The SMILES string of the molecule is COCCN(Cc1ccccc1)C(=O)CSc1nc2ccccc2c(=O)n1CC(=O)OC. The molecule has 0 aliphatic rings. The number of benzene rings is 2. The molecule has 0 bridgehead atoms. The van der Waals surface area contributed by atoms with E-state index in [1.165, 1.54) is 11.7 Å². The molecule has 0 aliphatic heterocycles. The summed E-state index contributed by atoms with van der Waals surface area (Å²) in [4.78, 5) is 44.1. The molecule has 2 aromatic carbocycles. The first-order valence-corrected chi connectivity index (χ1v) is 11.0. The summed E-state index contributed by atoms with van der Waals surface area (Å²) in [5.74, 6) is -0.631. The van der Waals surface area contributed by atoms with E-state index in [9.17, 15) is 14.4 Å². The molecule has 168 valence electrons. The van der Waals surface area contributed by atoms with Gasteiger partial charge in [0.1, 0.15) is 6.54 Å². The Morgan fingerprint density at radius 1 is 1.06 bits per heavy atom. The van der Waals surface area contributed by atoms with Gasteiger partial charge in [-0.2, -0.15) is 0 Å². The van der Waals surface area contributed by atoms with Crippen LogP contribution in [0.25, 0.3) is 10.9 Å². The second-order valence-electron chi connectivity index (χ2n) is 6.96. The predicted octanol–water partition coefficient (Wildman–Crippen LogP) is 2.34. The molecular formula is C23H25N3O5S. The second-order valence-corrected chi connectivity index (χ2v) is 7.90. The fraction of sp³-hybridized carbons (Fsp3) is 0.304. The fourth-order valence-corrected chi connectivity index (χ4v) is 4.01. The minimum Gasteiger partial charge on any atom is -0.468 e. The lowest BCUT2D eigenvalue weighted by Gasteiger charge is -2.22. The Hall–Kier alpha value is -3.17. The molecule has 1 amide bonds. The van der Waals surface area contributed by atoms with E-state index in [0.29, 0.717) is 35.8 Å². The highest BCUT2D eigenvalue weighted by atomic mass is 32.2. The Morgan fingerprint density at radius 2 is 1.78 bits per heavy atom. The van der Waals surface area contributed by atoms with Crippen molar-refractivity contribution in [3.63, 3.8) is 0 Å². The normalized spacial score (nSPS) is 10.8. The summed E-state index contributed by atoms with van der Waals surface area (Å²) in [6, 6.07) is 16.6. The molecule has 32 heavy (non-hydrogen) atoms. The quantitative estimate of drug-likeness (QED) is 0.263. The van der Waals surface area contributed by atoms with Gasteiger partial charge in [0.25, 0.3) is 5.56 Å². The summed E-state index contributed by atoms with van der Waals surface area (Å²) in [6.45, 7) is 1.01. The predicted molar refractivity (Wildman–Crippen MR) is 122 cm³/mol.